The molecule has 2 aliphatic carbocycles. The van der Waals surface area contributed by atoms with Gasteiger partial charge in [0, 0.05) is 18.0 Å². The Hall–Kier alpha value is -1.51. The molecule has 0 spiro atoms. The average Bonchev–Trinajstić information content (AvgIpc) is 3.32. The van der Waals surface area contributed by atoms with E-state index in [0.717, 1.165) is 38.0 Å². The molecule has 2 aliphatic rings. The normalized spacial score (nSPS) is 19.5. The van der Waals surface area contributed by atoms with Crippen molar-refractivity contribution in [3.05, 3.63) is 29.8 Å². The minimum absolute atomic E-state index is 0.0693. The van der Waals surface area contributed by atoms with Gasteiger partial charge in [-0.05, 0) is 50.3 Å². The fourth-order valence-electron chi connectivity index (χ4n) is 2.60. The molecule has 3 nitrogen and oxygen atoms in total. The lowest BCUT2D eigenvalue weighted by Gasteiger charge is -2.26. The molecule has 1 aromatic rings. The first-order valence-corrected chi connectivity index (χ1v) is 7.65. The van der Waals surface area contributed by atoms with Gasteiger partial charge in [-0.25, -0.2) is 0 Å². The zero-order chi connectivity index (χ0) is 14.2. The summed E-state index contributed by atoms with van der Waals surface area (Å²) in [6, 6.07) is 8.59. The molecule has 0 unspecified atom stereocenters. The van der Waals surface area contributed by atoms with E-state index in [-0.39, 0.29) is 5.41 Å². The van der Waals surface area contributed by atoms with E-state index in [0.29, 0.717) is 18.6 Å². The van der Waals surface area contributed by atoms with Crippen molar-refractivity contribution in [1.29, 1.82) is 0 Å². The maximum Gasteiger partial charge on any atom is 0.229 e. The maximum atomic E-state index is 12.6. The second kappa shape index (κ2) is 5.12. The van der Waals surface area contributed by atoms with E-state index >= 15 is 0 Å². The van der Waals surface area contributed by atoms with Crippen LogP contribution in [0.2, 0.25) is 0 Å². The number of ether oxygens (including phenoxy) is 1. The van der Waals surface area contributed by atoms with Crippen molar-refractivity contribution in [2.24, 2.45) is 5.41 Å². The Morgan fingerprint density at radius 1 is 1.40 bits per heavy atom. The molecule has 0 bridgehead atoms. The van der Waals surface area contributed by atoms with Gasteiger partial charge in [0.2, 0.25) is 5.91 Å². The molecular weight excluding hydrogens is 250 g/mol. The molecule has 2 fully saturated rings. The predicted octanol–water partition coefficient (Wildman–Crippen LogP) is 3.38. The molecule has 1 aromatic carbocycles. The van der Waals surface area contributed by atoms with Crippen LogP contribution in [-0.2, 0) is 11.3 Å². The van der Waals surface area contributed by atoms with Gasteiger partial charge in [0.15, 0.2) is 0 Å². The maximum absolute atomic E-state index is 12.6. The molecule has 3 heteroatoms. The molecule has 0 aliphatic heterocycles. The van der Waals surface area contributed by atoms with E-state index in [9.17, 15) is 4.79 Å². The van der Waals surface area contributed by atoms with Gasteiger partial charge in [0.1, 0.15) is 5.75 Å². The summed E-state index contributed by atoms with van der Waals surface area (Å²) < 4.78 is 5.54. The lowest BCUT2D eigenvalue weighted by Crippen LogP contribution is -2.37. The Bertz CT molecular complexity index is 503. The summed E-state index contributed by atoms with van der Waals surface area (Å²) in [5.74, 6) is 1.24. The first-order valence-electron chi connectivity index (χ1n) is 7.65. The number of rotatable bonds is 6. The van der Waals surface area contributed by atoms with Crippen LogP contribution < -0.4 is 4.74 Å². The van der Waals surface area contributed by atoms with Gasteiger partial charge in [-0.15, -0.1) is 0 Å². The van der Waals surface area contributed by atoms with E-state index in [4.69, 9.17) is 4.74 Å². The summed E-state index contributed by atoms with van der Waals surface area (Å²) in [4.78, 5) is 14.7. The largest absolute Gasteiger partial charge is 0.494 e. The van der Waals surface area contributed by atoms with Crippen LogP contribution in [0, 0.1) is 5.41 Å². The lowest BCUT2D eigenvalue weighted by atomic mass is 10.1. The summed E-state index contributed by atoms with van der Waals surface area (Å²) in [7, 11) is 0. The fourth-order valence-corrected chi connectivity index (χ4v) is 2.60. The highest BCUT2D eigenvalue weighted by Gasteiger charge is 2.49. The summed E-state index contributed by atoms with van der Waals surface area (Å²) in [6.45, 7) is 5.48. The molecule has 2 saturated carbocycles. The van der Waals surface area contributed by atoms with Crippen LogP contribution in [0.25, 0.3) is 0 Å². The third-order valence-electron chi connectivity index (χ3n) is 4.33. The van der Waals surface area contributed by atoms with Gasteiger partial charge < -0.3 is 9.64 Å². The van der Waals surface area contributed by atoms with Crippen LogP contribution in [0.5, 0.6) is 5.75 Å². The number of carbonyl (C=O) groups excluding carboxylic acids is 1. The van der Waals surface area contributed by atoms with Crippen molar-refractivity contribution < 1.29 is 9.53 Å². The number of hydrogen-bond donors (Lipinski definition) is 0. The molecule has 20 heavy (non-hydrogen) atoms. The first kappa shape index (κ1) is 13.5. The van der Waals surface area contributed by atoms with Crippen molar-refractivity contribution in [3.8, 4) is 5.75 Å². The van der Waals surface area contributed by atoms with Gasteiger partial charge in [-0.1, -0.05) is 19.1 Å². The van der Waals surface area contributed by atoms with Crippen LogP contribution in [0.4, 0.5) is 0 Å². The monoisotopic (exact) mass is 273 g/mol. The van der Waals surface area contributed by atoms with Crippen LogP contribution in [0.3, 0.4) is 0 Å². The Morgan fingerprint density at radius 2 is 2.15 bits per heavy atom. The molecule has 0 saturated heterocycles. The van der Waals surface area contributed by atoms with Crippen molar-refractivity contribution in [2.45, 2.75) is 52.1 Å². The second-order valence-corrected chi connectivity index (χ2v) is 6.31. The minimum atomic E-state index is -0.0693. The second-order valence-electron chi connectivity index (χ2n) is 6.31. The van der Waals surface area contributed by atoms with E-state index in [1.807, 2.05) is 19.1 Å². The molecule has 0 aromatic heterocycles. The van der Waals surface area contributed by atoms with Crippen molar-refractivity contribution in [2.75, 3.05) is 6.61 Å². The van der Waals surface area contributed by atoms with Gasteiger partial charge in [-0.2, -0.15) is 0 Å². The summed E-state index contributed by atoms with van der Waals surface area (Å²) in [6.07, 6.45) is 4.42. The highest BCUT2D eigenvalue weighted by atomic mass is 16.5. The van der Waals surface area contributed by atoms with Crippen molar-refractivity contribution in [3.63, 3.8) is 0 Å². The fraction of sp³-hybridized carbons (Fsp3) is 0.588. The first-order chi connectivity index (χ1) is 9.62. The topological polar surface area (TPSA) is 29.5 Å². The van der Waals surface area contributed by atoms with Gasteiger partial charge in [0.25, 0.3) is 0 Å². The van der Waals surface area contributed by atoms with Gasteiger partial charge in [-0.3, -0.25) is 4.79 Å². The quantitative estimate of drug-likeness (QED) is 0.795. The molecule has 0 N–H and O–H groups in total. The Labute approximate surface area is 120 Å². The summed E-state index contributed by atoms with van der Waals surface area (Å²) >= 11 is 0. The Kier molecular flexibility index (Phi) is 3.45. The number of nitrogens with zero attached hydrogens (tertiary/aromatic N) is 1. The summed E-state index contributed by atoms with van der Waals surface area (Å²) in [5, 5.41) is 0. The van der Waals surface area contributed by atoms with E-state index < -0.39 is 0 Å². The Morgan fingerprint density at radius 3 is 2.75 bits per heavy atom. The number of amides is 1. The van der Waals surface area contributed by atoms with Gasteiger partial charge >= 0.3 is 0 Å². The highest BCUT2D eigenvalue weighted by Crippen LogP contribution is 2.48. The number of benzene rings is 1. The molecule has 0 heterocycles. The minimum Gasteiger partial charge on any atom is -0.494 e. The Balaban J connectivity index is 1.73. The summed E-state index contributed by atoms with van der Waals surface area (Å²) in [5.41, 5.74) is 1.10. The molecule has 0 atom stereocenters. The van der Waals surface area contributed by atoms with Crippen LogP contribution in [-0.4, -0.2) is 23.5 Å². The lowest BCUT2D eigenvalue weighted by molar-refractivity contribution is -0.137. The third kappa shape index (κ3) is 2.82. The molecule has 3 rings (SSSR count). The standard InChI is InChI=1S/C17H23NO2/c1-3-20-15-6-4-5-13(11-15)12-18(14-7-8-14)16(19)17(2)9-10-17/h4-6,11,14H,3,7-10,12H2,1-2H3. The number of carbonyl (C=O) groups is 1. The van der Waals surface area contributed by atoms with Crippen molar-refractivity contribution >= 4 is 5.91 Å². The zero-order valence-electron chi connectivity index (χ0n) is 12.4. The predicted molar refractivity (Wildman–Crippen MR) is 78.5 cm³/mol. The smallest absolute Gasteiger partial charge is 0.229 e. The average molecular weight is 273 g/mol. The van der Waals surface area contributed by atoms with Crippen LogP contribution in [0.15, 0.2) is 24.3 Å². The van der Waals surface area contributed by atoms with Crippen LogP contribution >= 0.6 is 0 Å². The molecule has 1 amide bonds. The molecule has 0 radical (unpaired) electrons. The van der Waals surface area contributed by atoms with Gasteiger partial charge in [0.05, 0.1) is 6.61 Å². The van der Waals surface area contributed by atoms with Crippen molar-refractivity contribution in [1.82, 2.24) is 4.90 Å². The van der Waals surface area contributed by atoms with E-state index in [2.05, 4.69) is 24.0 Å². The van der Waals surface area contributed by atoms with E-state index in [1.54, 1.807) is 0 Å². The van der Waals surface area contributed by atoms with E-state index in [1.165, 1.54) is 5.56 Å². The third-order valence-corrected chi connectivity index (χ3v) is 4.33. The molecular formula is C17H23NO2. The number of hydrogen-bond acceptors (Lipinski definition) is 2. The van der Waals surface area contributed by atoms with Crippen LogP contribution in [0.1, 0.15) is 45.1 Å². The molecule has 108 valence electrons. The SMILES string of the molecule is CCOc1cccc(CN(C(=O)C2(C)CC2)C2CC2)c1. The highest BCUT2D eigenvalue weighted by molar-refractivity contribution is 5.85. The zero-order valence-corrected chi connectivity index (χ0v) is 12.4.